The Bertz CT molecular complexity index is 2710. The van der Waals surface area contributed by atoms with Crippen molar-refractivity contribution < 1.29 is 152 Å². The molecule has 6 fully saturated rings. The molecule has 0 aliphatic carbocycles. The highest BCUT2D eigenvalue weighted by Gasteiger charge is 2.58. The van der Waals surface area contributed by atoms with Gasteiger partial charge in [-0.15, -0.1) is 0 Å². The predicted molar refractivity (Wildman–Crippen MR) is 328 cm³/mol. The molecule has 36 nitrogen and oxygen atoms in total. The Morgan fingerprint density at radius 3 is 1.34 bits per heavy atom. The monoisotopic (exact) mass is 1410 g/mol. The zero-order chi connectivity index (χ0) is 71.8. The minimum Gasteiger partial charge on any atom is -0.494 e. The summed E-state index contributed by atoms with van der Waals surface area (Å²) in [7, 11) is 0. The summed E-state index contributed by atoms with van der Waals surface area (Å²) >= 11 is 0. The molecule has 6 saturated heterocycles. The van der Waals surface area contributed by atoms with E-state index in [9.17, 15) is 95.5 Å². The van der Waals surface area contributed by atoms with Gasteiger partial charge in [-0.25, -0.2) is 0 Å². The van der Waals surface area contributed by atoms with Crippen molar-refractivity contribution >= 4 is 29.5 Å². The molecule has 0 saturated carbocycles. The Hall–Kier alpha value is -4.89. The smallest absolute Gasteiger partial charge is 0.251 e. The van der Waals surface area contributed by atoms with Crippen LogP contribution in [0.5, 0.6) is 5.75 Å². The largest absolute Gasteiger partial charge is 0.494 e. The summed E-state index contributed by atoms with van der Waals surface area (Å²) in [6.45, 7) is 3.29. The van der Waals surface area contributed by atoms with E-state index in [2.05, 4.69) is 45.7 Å². The number of allylic oxidation sites excluding steroid dienone is 2. The van der Waals surface area contributed by atoms with E-state index in [-0.39, 0.29) is 5.56 Å². The summed E-state index contributed by atoms with van der Waals surface area (Å²) in [6.07, 6.45) is -33.6. The number of hydrogen-bond acceptors (Lipinski definition) is 31. The van der Waals surface area contributed by atoms with E-state index in [4.69, 9.17) is 56.8 Å². The van der Waals surface area contributed by atoms with Crippen LogP contribution in [0.2, 0.25) is 0 Å². The molecule has 7 rings (SSSR count). The number of amides is 5. The van der Waals surface area contributed by atoms with Crippen LogP contribution in [0.25, 0.3) is 0 Å². The third kappa shape index (κ3) is 20.5. The van der Waals surface area contributed by atoms with Crippen LogP contribution in [0.1, 0.15) is 96.8 Å². The van der Waals surface area contributed by atoms with Gasteiger partial charge < -0.3 is 155 Å². The molecule has 14 unspecified atom stereocenters. The topological polar surface area (TPSA) is 539 Å². The molecule has 19 N–H and O–H groups in total. The third-order valence-electron chi connectivity index (χ3n) is 17.6. The first-order chi connectivity index (χ1) is 46.7. The molecule has 1 aromatic carbocycles. The first kappa shape index (κ1) is 80.4. The van der Waals surface area contributed by atoms with Crippen molar-refractivity contribution in [1.82, 2.24) is 26.6 Å². The van der Waals surface area contributed by atoms with Crippen LogP contribution in [0, 0.1) is 0 Å². The van der Waals surface area contributed by atoms with E-state index in [1.165, 1.54) is 31.9 Å². The van der Waals surface area contributed by atoms with Crippen LogP contribution in [0.15, 0.2) is 36.4 Å². The van der Waals surface area contributed by atoms with Crippen molar-refractivity contribution in [3.8, 4) is 5.75 Å². The lowest BCUT2D eigenvalue weighted by molar-refractivity contribution is -0.368. The molecule has 0 spiro atoms. The van der Waals surface area contributed by atoms with Crippen LogP contribution in [0.4, 0.5) is 0 Å². The van der Waals surface area contributed by atoms with Crippen molar-refractivity contribution in [3.63, 3.8) is 0 Å². The van der Waals surface area contributed by atoms with Crippen LogP contribution in [-0.2, 0) is 71.3 Å². The van der Waals surface area contributed by atoms with Gasteiger partial charge in [0.1, 0.15) is 146 Å². The van der Waals surface area contributed by atoms with Crippen molar-refractivity contribution in [2.75, 3.05) is 39.6 Å². The van der Waals surface area contributed by atoms with Gasteiger partial charge in [0.05, 0.1) is 45.7 Å². The highest BCUT2D eigenvalue weighted by molar-refractivity contribution is 5.94. The molecule has 0 radical (unpaired) electrons. The Labute approximate surface area is 564 Å². The minimum atomic E-state index is -2.07. The lowest BCUT2D eigenvalue weighted by Crippen LogP contribution is -2.72. The van der Waals surface area contributed by atoms with E-state index >= 15 is 0 Å². The lowest BCUT2D eigenvalue weighted by Gasteiger charge is -2.51. The average Bonchev–Trinajstić information content (AvgIpc) is 0.772. The standard InChI is InChI=1S/C62H99N5O31/c1-7-8-9-10-11-12-13-14-15-19-87-32-18-16-17-31(20-32)56(85)67-39-45(78)44(77)33(21-68)91-58(39)95-52-34(22-69)92-59(40(47(52)80)64-28(4)73)96-53-35(23-70)93-60(41(48(53)81)65-29(5)74)97-54-36(24-71)94-61(42(49(54)82)66-30(6)75)98-55-37(90-57(86)38(46(55)79)63-27(3)72)25-88-62-51(84)50(83)43(76)26(2)89-62/h12-13,16-18,20,26,33-55,57-62,68-71,76-84,86H,7-11,14-15,19,21-25H2,1-6H3,(H,63,72)(H,64,73)(H,65,74)(H,66,75)(H,67,85)/b13-12-/t26?,33?,34-,35?,36-,37?,38-,39-,40?,41-,42?,43?,44+,45+,46+,47?,48+,49?,50-,51+,52+,53?,54+,55?,57+,58?,59?,60-,61?,62+/m0/s1. The molecular formula is C62H99N5O31. The minimum absolute atomic E-state index is 0.0454. The van der Waals surface area contributed by atoms with E-state index in [1.807, 2.05) is 0 Å². The lowest BCUT2D eigenvalue weighted by atomic mass is 9.93. The van der Waals surface area contributed by atoms with Gasteiger partial charge in [0.15, 0.2) is 37.7 Å². The second-order valence-electron chi connectivity index (χ2n) is 25.1. The maximum Gasteiger partial charge on any atom is 0.251 e. The fourth-order valence-corrected chi connectivity index (χ4v) is 12.4. The molecule has 30 atom stereocenters. The molecule has 6 heterocycles. The molecule has 5 amide bonds. The summed E-state index contributed by atoms with van der Waals surface area (Å²) in [6, 6.07) is -2.52. The van der Waals surface area contributed by atoms with Crippen LogP contribution in [0.3, 0.4) is 0 Å². The highest BCUT2D eigenvalue weighted by Crippen LogP contribution is 2.37. The molecular weight excluding hydrogens is 1310 g/mol. The number of nitrogens with one attached hydrogen (secondary N) is 5. The summed E-state index contributed by atoms with van der Waals surface area (Å²) in [5, 5.41) is 168. The molecule has 6 aliphatic rings. The van der Waals surface area contributed by atoms with Gasteiger partial charge in [-0.1, -0.05) is 44.4 Å². The Balaban J connectivity index is 1.07. The summed E-state index contributed by atoms with van der Waals surface area (Å²) < 4.78 is 71.9. The number of hydrogen-bond donors (Lipinski definition) is 19. The fraction of sp³-hybridized carbons (Fsp3) is 0.790. The summed E-state index contributed by atoms with van der Waals surface area (Å²) in [5.74, 6) is -3.72. The van der Waals surface area contributed by atoms with E-state index < -0.39 is 246 Å². The van der Waals surface area contributed by atoms with Gasteiger partial charge in [-0.3, -0.25) is 24.0 Å². The molecule has 0 aromatic heterocycles. The maximum absolute atomic E-state index is 13.9. The number of aliphatic hydroxyl groups is 14. The zero-order valence-corrected chi connectivity index (χ0v) is 55.2. The second-order valence-corrected chi connectivity index (χ2v) is 25.1. The number of carbonyl (C=O) groups is 5. The van der Waals surface area contributed by atoms with E-state index in [1.54, 1.807) is 12.1 Å². The number of aliphatic hydroxyl groups excluding tert-OH is 14. The van der Waals surface area contributed by atoms with Gasteiger partial charge in [0.2, 0.25) is 23.6 Å². The normalized spacial score (nSPS) is 39.9. The molecule has 0 bridgehead atoms. The van der Waals surface area contributed by atoms with Gasteiger partial charge in [0.25, 0.3) is 5.91 Å². The van der Waals surface area contributed by atoms with Gasteiger partial charge in [-0.05, 0) is 50.8 Å². The number of ether oxygens (including phenoxy) is 12. The Morgan fingerprint density at radius 2 is 0.878 bits per heavy atom. The van der Waals surface area contributed by atoms with Gasteiger partial charge in [-0.2, -0.15) is 0 Å². The summed E-state index contributed by atoms with van der Waals surface area (Å²) in [4.78, 5) is 65.0. The first-order valence-corrected chi connectivity index (χ1v) is 32.8. The SMILES string of the molecule is CCCCCC/C=C\CCCOc1cccc(C(=O)N[C@@H]2C(O[C@H]3C(O)C(NC(C)=O)C(OC4C(CO)O[C@@H](O[C@H]5C(O)C(NC(C)=O)C(OC6C(CO[C@@H]7OC(C)C(O)[C@H](O)[C@H]7O)O[C@@H](O)[C@@H](NC(C)=O)[C@H]6O)O[C@H]5CO)[C@@H](NC(C)=O)[C@H]4O)O[C@H]3CO)OC(CO)[C@@H](O)[C@@H]2O)c1. The van der Waals surface area contributed by atoms with E-state index in [0.29, 0.717) is 18.8 Å². The van der Waals surface area contributed by atoms with Crippen molar-refractivity contribution in [3.05, 3.63) is 42.0 Å². The molecule has 36 heteroatoms. The second kappa shape index (κ2) is 37.9. The van der Waals surface area contributed by atoms with Crippen LogP contribution >= 0.6 is 0 Å². The average molecular weight is 1410 g/mol. The van der Waals surface area contributed by atoms with Crippen molar-refractivity contribution in [2.45, 2.75) is 270 Å². The summed E-state index contributed by atoms with van der Waals surface area (Å²) in [5.41, 5.74) is 0.0454. The molecule has 558 valence electrons. The van der Waals surface area contributed by atoms with Gasteiger partial charge in [0, 0.05) is 33.3 Å². The Kier molecular flexibility index (Phi) is 31.1. The number of unbranched alkanes of at least 4 members (excludes halogenated alkanes) is 5. The Morgan fingerprint density at radius 1 is 0.449 bits per heavy atom. The zero-order valence-electron chi connectivity index (χ0n) is 55.2. The third-order valence-corrected chi connectivity index (χ3v) is 17.6. The van der Waals surface area contributed by atoms with Crippen molar-refractivity contribution in [2.24, 2.45) is 0 Å². The first-order valence-electron chi connectivity index (χ1n) is 32.8. The highest BCUT2D eigenvalue weighted by atomic mass is 16.8. The fourth-order valence-electron chi connectivity index (χ4n) is 12.4. The predicted octanol–water partition coefficient (Wildman–Crippen LogP) is -7.37. The van der Waals surface area contributed by atoms with Crippen LogP contribution in [-0.4, -0.2) is 325 Å². The molecule has 6 aliphatic heterocycles. The van der Waals surface area contributed by atoms with Crippen molar-refractivity contribution in [1.29, 1.82) is 0 Å². The number of benzene rings is 1. The number of carbonyl (C=O) groups excluding carboxylic acids is 5. The van der Waals surface area contributed by atoms with E-state index in [0.717, 1.165) is 53.4 Å². The molecule has 1 aromatic rings. The maximum atomic E-state index is 13.9. The van der Waals surface area contributed by atoms with Crippen LogP contribution < -0.4 is 31.3 Å². The number of rotatable bonds is 31. The quantitative estimate of drug-likeness (QED) is 0.0243. The molecule has 98 heavy (non-hydrogen) atoms. The van der Waals surface area contributed by atoms with Gasteiger partial charge >= 0.3 is 0 Å².